The highest BCUT2D eigenvalue weighted by atomic mass is 35.5. The van der Waals surface area contributed by atoms with Crippen molar-refractivity contribution in [2.45, 2.75) is 45.3 Å². The maximum Gasteiger partial charge on any atom is 0.410 e. The van der Waals surface area contributed by atoms with Gasteiger partial charge in [0, 0.05) is 22.3 Å². The second-order valence-electron chi connectivity index (χ2n) is 6.48. The number of carbonyl (C=O) groups is 2. The minimum Gasteiger partial charge on any atom is -0.444 e. The third kappa shape index (κ3) is 5.01. The Kier molecular flexibility index (Phi) is 5.42. The SMILES string of the molecule is CC(C)(C)OC(=O)N1CCCC1C(=O)Nc1cc(Cl)cc(Cl)c1. The first-order valence-electron chi connectivity index (χ1n) is 7.42. The fourth-order valence-corrected chi connectivity index (χ4v) is 2.96. The fraction of sp³-hybridized carbons (Fsp3) is 0.500. The number of benzene rings is 1. The Morgan fingerprint density at radius 3 is 2.39 bits per heavy atom. The molecule has 1 unspecified atom stereocenters. The zero-order chi connectivity index (χ0) is 17.2. The van der Waals surface area contributed by atoms with Crippen molar-refractivity contribution in [3.8, 4) is 0 Å². The summed E-state index contributed by atoms with van der Waals surface area (Å²) in [6.07, 6.45) is 0.881. The Bertz CT molecular complexity index is 594. The van der Waals surface area contributed by atoms with E-state index in [0.29, 0.717) is 28.7 Å². The molecule has 1 N–H and O–H groups in total. The summed E-state index contributed by atoms with van der Waals surface area (Å²) >= 11 is 11.8. The lowest BCUT2D eigenvalue weighted by atomic mass is 10.2. The molecule has 1 fully saturated rings. The molecule has 0 radical (unpaired) electrons. The minimum absolute atomic E-state index is 0.272. The number of ether oxygens (including phenoxy) is 1. The highest BCUT2D eigenvalue weighted by Gasteiger charge is 2.36. The van der Waals surface area contributed by atoms with Crippen molar-refractivity contribution in [2.24, 2.45) is 0 Å². The molecular weight excluding hydrogens is 339 g/mol. The lowest BCUT2D eigenvalue weighted by molar-refractivity contribution is -0.120. The molecule has 0 bridgehead atoms. The highest BCUT2D eigenvalue weighted by molar-refractivity contribution is 6.35. The van der Waals surface area contributed by atoms with Crippen molar-refractivity contribution in [1.82, 2.24) is 4.90 Å². The molecule has 5 nitrogen and oxygen atoms in total. The Labute approximate surface area is 145 Å². The average molecular weight is 359 g/mol. The van der Waals surface area contributed by atoms with Gasteiger partial charge in [-0.15, -0.1) is 0 Å². The Hall–Kier alpha value is -1.46. The van der Waals surface area contributed by atoms with Crippen LogP contribution in [0.4, 0.5) is 10.5 Å². The van der Waals surface area contributed by atoms with Crippen LogP contribution in [0.15, 0.2) is 18.2 Å². The molecule has 2 amide bonds. The molecule has 0 aromatic heterocycles. The van der Waals surface area contributed by atoms with Crippen LogP contribution in [0.3, 0.4) is 0 Å². The second-order valence-corrected chi connectivity index (χ2v) is 7.35. The molecule has 7 heteroatoms. The molecule has 1 aromatic rings. The second kappa shape index (κ2) is 6.97. The zero-order valence-corrected chi connectivity index (χ0v) is 14.9. The van der Waals surface area contributed by atoms with Gasteiger partial charge in [-0.05, 0) is 51.8 Å². The third-order valence-corrected chi connectivity index (χ3v) is 3.75. The van der Waals surface area contributed by atoms with Crippen LogP contribution in [0.5, 0.6) is 0 Å². The van der Waals surface area contributed by atoms with E-state index in [1.807, 2.05) is 0 Å². The van der Waals surface area contributed by atoms with Gasteiger partial charge in [0.25, 0.3) is 0 Å². The number of rotatable bonds is 2. The molecule has 126 valence electrons. The quantitative estimate of drug-likeness (QED) is 0.855. The van der Waals surface area contributed by atoms with Crippen LogP contribution in [0.1, 0.15) is 33.6 Å². The number of carbonyl (C=O) groups excluding carboxylic acids is 2. The normalized spacial score (nSPS) is 18.0. The number of amides is 2. The summed E-state index contributed by atoms with van der Waals surface area (Å²) in [6, 6.07) is 4.25. The minimum atomic E-state index is -0.596. The Balaban J connectivity index is 2.07. The monoisotopic (exact) mass is 358 g/mol. The van der Waals surface area contributed by atoms with Crippen LogP contribution in [-0.4, -0.2) is 35.1 Å². The highest BCUT2D eigenvalue weighted by Crippen LogP contribution is 2.25. The van der Waals surface area contributed by atoms with Gasteiger partial charge in [-0.1, -0.05) is 23.2 Å². The summed E-state index contributed by atoms with van der Waals surface area (Å²) in [5, 5.41) is 3.62. The van der Waals surface area contributed by atoms with E-state index >= 15 is 0 Å². The summed E-state index contributed by atoms with van der Waals surface area (Å²) in [7, 11) is 0. The first kappa shape index (κ1) is 17.9. The molecule has 0 saturated carbocycles. The standard InChI is InChI=1S/C16H20Cl2N2O3/c1-16(2,3)23-15(22)20-6-4-5-13(20)14(21)19-12-8-10(17)7-11(18)9-12/h7-9,13H,4-6H2,1-3H3,(H,19,21). The van der Waals surface area contributed by atoms with E-state index in [0.717, 1.165) is 6.42 Å². The van der Waals surface area contributed by atoms with Gasteiger partial charge < -0.3 is 10.1 Å². The van der Waals surface area contributed by atoms with E-state index < -0.39 is 17.7 Å². The number of likely N-dealkylation sites (tertiary alicyclic amines) is 1. The fourth-order valence-electron chi connectivity index (χ4n) is 2.43. The Morgan fingerprint density at radius 1 is 1.22 bits per heavy atom. The maximum absolute atomic E-state index is 12.5. The number of hydrogen-bond donors (Lipinski definition) is 1. The maximum atomic E-state index is 12.5. The van der Waals surface area contributed by atoms with Gasteiger partial charge in [-0.2, -0.15) is 0 Å². The van der Waals surface area contributed by atoms with Crippen LogP contribution in [0.25, 0.3) is 0 Å². The lowest BCUT2D eigenvalue weighted by Gasteiger charge is -2.28. The van der Waals surface area contributed by atoms with Crippen LogP contribution < -0.4 is 5.32 Å². The van der Waals surface area contributed by atoms with E-state index in [9.17, 15) is 9.59 Å². The number of nitrogens with one attached hydrogen (secondary N) is 1. The van der Waals surface area contributed by atoms with Crippen molar-refractivity contribution in [1.29, 1.82) is 0 Å². The van der Waals surface area contributed by atoms with Crippen LogP contribution in [-0.2, 0) is 9.53 Å². The molecule has 1 aliphatic rings. The van der Waals surface area contributed by atoms with Crippen molar-refractivity contribution in [3.05, 3.63) is 28.2 Å². The molecule has 1 atom stereocenters. The van der Waals surface area contributed by atoms with Crippen LogP contribution >= 0.6 is 23.2 Å². The zero-order valence-electron chi connectivity index (χ0n) is 13.4. The predicted molar refractivity (Wildman–Crippen MR) is 91.1 cm³/mol. The van der Waals surface area contributed by atoms with Gasteiger partial charge in [0.05, 0.1) is 0 Å². The molecule has 2 rings (SSSR count). The first-order chi connectivity index (χ1) is 10.7. The van der Waals surface area contributed by atoms with E-state index in [1.54, 1.807) is 39.0 Å². The van der Waals surface area contributed by atoms with Crippen molar-refractivity contribution in [3.63, 3.8) is 0 Å². The van der Waals surface area contributed by atoms with Gasteiger partial charge in [0.1, 0.15) is 11.6 Å². The van der Waals surface area contributed by atoms with E-state index in [1.165, 1.54) is 4.90 Å². The van der Waals surface area contributed by atoms with E-state index in [2.05, 4.69) is 5.32 Å². The predicted octanol–water partition coefficient (Wildman–Crippen LogP) is 4.33. The topological polar surface area (TPSA) is 58.6 Å². The van der Waals surface area contributed by atoms with Crippen LogP contribution in [0, 0.1) is 0 Å². The molecular formula is C16H20Cl2N2O3. The summed E-state index contributed by atoms with van der Waals surface area (Å²) < 4.78 is 5.36. The average Bonchev–Trinajstić information content (AvgIpc) is 2.84. The van der Waals surface area contributed by atoms with Crippen molar-refractivity contribution in [2.75, 3.05) is 11.9 Å². The van der Waals surface area contributed by atoms with Crippen LogP contribution in [0.2, 0.25) is 10.0 Å². The number of nitrogens with zero attached hydrogens (tertiary/aromatic N) is 1. The molecule has 23 heavy (non-hydrogen) atoms. The van der Waals surface area contributed by atoms with E-state index in [-0.39, 0.29) is 5.91 Å². The molecule has 1 aliphatic heterocycles. The molecule has 1 saturated heterocycles. The molecule has 0 aliphatic carbocycles. The third-order valence-electron chi connectivity index (χ3n) is 3.31. The summed E-state index contributed by atoms with van der Waals surface area (Å²) in [5.41, 5.74) is -0.0928. The summed E-state index contributed by atoms with van der Waals surface area (Å²) in [5.74, 6) is -0.272. The largest absolute Gasteiger partial charge is 0.444 e. The van der Waals surface area contributed by atoms with Crippen molar-refractivity contribution < 1.29 is 14.3 Å². The number of anilines is 1. The molecule has 1 heterocycles. The number of halogens is 2. The summed E-state index contributed by atoms with van der Waals surface area (Å²) in [6.45, 7) is 5.89. The molecule has 1 aromatic carbocycles. The van der Waals surface area contributed by atoms with Gasteiger partial charge in [-0.3, -0.25) is 9.69 Å². The van der Waals surface area contributed by atoms with Gasteiger partial charge in [0.2, 0.25) is 5.91 Å². The Morgan fingerprint density at radius 2 is 1.83 bits per heavy atom. The first-order valence-corrected chi connectivity index (χ1v) is 8.18. The van der Waals surface area contributed by atoms with Crippen molar-refractivity contribution >= 4 is 40.9 Å². The summed E-state index contributed by atoms with van der Waals surface area (Å²) in [4.78, 5) is 26.2. The van der Waals surface area contributed by atoms with Gasteiger partial charge in [-0.25, -0.2) is 4.79 Å². The number of hydrogen-bond acceptors (Lipinski definition) is 3. The lowest BCUT2D eigenvalue weighted by Crippen LogP contribution is -2.45. The van der Waals surface area contributed by atoms with Gasteiger partial charge >= 0.3 is 6.09 Å². The van der Waals surface area contributed by atoms with Gasteiger partial charge in [0.15, 0.2) is 0 Å². The smallest absolute Gasteiger partial charge is 0.410 e. The van der Waals surface area contributed by atoms with E-state index in [4.69, 9.17) is 27.9 Å². The molecule has 0 spiro atoms.